The molecule has 8 nitrogen and oxygen atoms in total. The number of aliphatic hydroxyl groups excluding tert-OH is 1. The first-order valence-electron chi connectivity index (χ1n) is 11.7. The Balaban J connectivity index is 1.88. The highest BCUT2D eigenvalue weighted by atomic mass is 35.5. The van der Waals surface area contributed by atoms with E-state index in [0.717, 1.165) is 16.9 Å². The molecule has 1 fully saturated rings. The topological polar surface area (TPSA) is 106 Å². The van der Waals surface area contributed by atoms with Gasteiger partial charge in [-0.1, -0.05) is 47.7 Å². The summed E-state index contributed by atoms with van der Waals surface area (Å²) in [6.07, 6.45) is 1.62. The summed E-state index contributed by atoms with van der Waals surface area (Å²) in [5, 5.41) is 11.9. The minimum atomic E-state index is -1.04. The molecule has 1 amide bonds. The number of esters is 1. The van der Waals surface area contributed by atoms with E-state index in [1.807, 2.05) is 0 Å². The van der Waals surface area contributed by atoms with Crippen LogP contribution in [0.15, 0.2) is 60.7 Å². The van der Waals surface area contributed by atoms with Gasteiger partial charge in [0, 0.05) is 10.6 Å². The number of carbonyl (C=O) groups excluding carboxylic acids is 3. The van der Waals surface area contributed by atoms with E-state index in [2.05, 4.69) is 11.6 Å². The van der Waals surface area contributed by atoms with Crippen LogP contribution in [0.5, 0.6) is 5.75 Å². The van der Waals surface area contributed by atoms with Gasteiger partial charge in [0.15, 0.2) is 5.13 Å². The van der Waals surface area contributed by atoms with Crippen LogP contribution < -0.4 is 9.64 Å². The number of anilines is 1. The summed E-state index contributed by atoms with van der Waals surface area (Å²) in [6, 6.07) is 10.6. The van der Waals surface area contributed by atoms with E-state index in [-0.39, 0.29) is 27.9 Å². The number of amides is 1. The Morgan fingerprint density at radius 3 is 2.66 bits per heavy atom. The van der Waals surface area contributed by atoms with Crippen molar-refractivity contribution in [3.63, 3.8) is 0 Å². The van der Waals surface area contributed by atoms with Crippen LogP contribution in [0, 0.1) is 13.8 Å². The summed E-state index contributed by atoms with van der Waals surface area (Å²) < 4.78 is 10.7. The Hall–Kier alpha value is -3.95. The standard InChI is InChI=1S/C28H25ClN2O6S/c1-5-12-37-20-11-10-18(13-15(20)3)23(32)21-22(17-8-7-9-19(29)14-17)31(26(34)24(21)33)28-30-16(4)25(38-28)27(35)36-6-2/h5,7-11,13-14,22,32H,1,6,12H2,2-4H3/t22-/m1/s1. The normalized spacial score (nSPS) is 16.5. The van der Waals surface area contributed by atoms with Gasteiger partial charge in [-0.25, -0.2) is 9.78 Å². The largest absolute Gasteiger partial charge is 0.507 e. The molecule has 0 unspecified atom stereocenters. The molecule has 0 aliphatic carbocycles. The molecular formula is C28H25ClN2O6S. The SMILES string of the molecule is C=CCOc1ccc(C(O)=C2C(=O)C(=O)N(c3nc(C)c(C(=O)OCC)s3)[C@@H]2c2cccc(Cl)c2)cc1C. The summed E-state index contributed by atoms with van der Waals surface area (Å²) in [4.78, 5) is 45.0. The van der Waals surface area contributed by atoms with Crippen LogP contribution in [0.4, 0.5) is 5.13 Å². The Bertz CT molecular complexity index is 1480. The summed E-state index contributed by atoms with van der Waals surface area (Å²) in [5.41, 5.74) is 1.79. The fraction of sp³-hybridized carbons (Fsp3) is 0.214. The summed E-state index contributed by atoms with van der Waals surface area (Å²) in [5.74, 6) is -2.10. The maximum absolute atomic E-state index is 13.4. The van der Waals surface area contributed by atoms with Gasteiger partial charge < -0.3 is 14.6 Å². The molecule has 38 heavy (non-hydrogen) atoms. The van der Waals surface area contributed by atoms with Crippen LogP contribution >= 0.6 is 22.9 Å². The molecule has 4 rings (SSSR count). The molecule has 196 valence electrons. The molecule has 1 aliphatic heterocycles. The fourth-order valence-electron chi connectivity index (χ4n) is 4.16. The van der Waals surface area contributed by atoms with Crippen molar-refractivity contribution >= 4 is 51.5 Å². The third-order valence-electron chi connectivity index (χ3n) is 5.87. The van der Waals surface area contributed by atoms with Crippen molar-refractivity contribution in [2.24, 2.45) is 0 Å². The molecule has 1 saturated heterocycles. The molecule has 0 bridgehead atoms. The van der Waals surface area contributed by atoms with Crippen molar-refractivity contribution < 1.29 is 29.0 Å². The number of ether oxygens (including phenoxy) is 2. The number of hydrogen-bond acceptors (Lipinski definition) is 8. The van der Waals surface area contributed by atoms with E-state index < -0.39 is 23.7 Å². The van der Waals surface area contributed by atoms with Crippen LogP contribution in [-0.4, -0.2) is 41.0 Å². The van der Waals surface area contributed by atoms with E-state index in [4.69, 9.17) is 21.1 Å². The molecule has 1 aliphatic rings. The minimum Gasteiger partial charge on any atom is -0.507 e. The number of thiazole rings is 1. The second-order valence-electron chi connectivity index (χ2n) is 8.44. The zero-order valence-corrected chi connectivity index (χ0v) is 22.6. The third kappa shape index (κ3) is 5.07. The van der Waals surface area contributed by atoms with E-state index in [0.29, 0.717) is 34.2 Å². The zero-order chi connectivity index (χ0) is 27.6. The highest BCUT2D eigenvalue weighted by Crippen LogP contribution is 2.44. The number of hydrogen-bond donors (Lipinski definition) is 1. The Morgan fingerprint density at radius 1 is 1.24 bits per heavy atom. The Kier molecular flexibility index (Phi) is 7.99. The number of ketones is 1. The first kappa shape index (κ1) is 27.1. The molecular weight excluding hydrogens is 528 g/mol. The van der Waals surface area contributed by atoms with E-state index in [1.165, 1.54) is 4.90 Å². The van der Waals surface area contributed by atoms with Crippen LogP contribution in [-0.2, 0) is 14.3 Å². The number of halogens is 1. The number of aryl methyl sites for hydroxylation is 2. The van der Waals surface area contributed by atoms with E-state index in [9.17, 15) is 19.5 Å². The molecule has 3 aromatic rings. The molecule has 0 radical (unpaired) electrons. The van der Waals surface area contributed by atoms with Crippen LogP contribution in [0.25, 0.3) is 5.76 Å². The van der Waals surface area contributed by atoms with Gasteiger partial charge in [-0.15, -0.1) is 0 Å². The second kappa shape index (κ2) is 11.2. The first-order valence-corrected chi connectivity index (χ1v) is 12.9. The molecule has 1 aromatic heterocycles. The quantitative estimate of drug-likeness (QED) is 0.124. The van der Waals surface area contributed by atoms with Crippen molar-refractivity contribution in [1.29, 1.82) is 0 Å². The average Bonchev–Trinajstić information content (AvgIpc) is 3.39. The van der Waals surface area contributed by atoms with Gasteiger partial charge in [0.05, 0.1) is 23.9 Å². The van der Waals surface area contributed by atoms with Crippen LogP contribution in [0.2, 0.25) is 5.02 Å². The van der Waals surface area contributed by atoms with Gasteiger partial charge in [0.1, 0.15) is 23.0 Å². The van der Waals surface area contributed by atoms with Crippen molar-refractivity contribution in [3.05, 3.63) is 93.0 Å². The number of aromatic nitrogens is 1. The van der Waals surface area contributed by atoms with Crippen molar-refractivity contribution in [2.75, 3.05) is 18.1 Å². The molecule has 0 spiro atoms. The molecule has 1 N–H and O–H groups in total. The molecule has 1 atom stereocenters. The number of Topliss-reactive ketones (excluding diaryl/α,β-unsaturated/α-hetero) is 1. The second-order valence-corrected chi connectivity index (χ2v) is 9.85. The summed E-state index contributed by atoms with van der Waals surface area (Å²) in [7, 11) is 0. The minimum absolute atomic E-state index is 0.123. The average molecular weight is 553 g/mol. The van der Waals surface area contributed by atoms with Gasteiger partial charge in [0.2, 0.25) is 0 Å². The molecule has 2 aromatic carbocycles. The number of carbonyl (C=O) groups is 3. The van der Waals surface area contributed by atoms with Crippen molar-refractivity contribution in [2.45, 2.75) is 26.8 Å². The fourth-order valence-corrected chi connectivity index (χ4v) is 5.34. The van der Waals surface area contributed by atoms with Crippen molar-refractivity contribution in [3.8, 4) is 5.75 Å². The lowest BCUT2D eigenvalue weighted by atomic mass is 9.95. The van der Waals surface area contributed by atoms with E-state index >= 15 is 0 Å². The highest BCUT2D eigenvalue weighted by Gasteiger charge is 2.48. The smallest absolute Gasteiger partial charge is 0.350 e. The van der Waals surface area contributed by atoms with Gasteiger partial charge in [-0.05, 0) is 62.2 Å². The summed E-state index contributed by atoms with van der Waals surface area (Å²) >= 11 is 7.20. The highest BCUT2D eigenvalue weighted by molar-refractivity contribution is 7.17. The number of benzene rings is 2. The lowest BCUT2D eigenvalue weighted by Crippen LogP contribution is -2.29. The predicted octanol–water partition coefficient (Wildman–Crippen LogP) is 5.78. The Labute approximate surface area is 228 Å². The molecule has 10 heteroatoms. The maximum Gasteiger partial charge on any atom is 0.350 e. The lowest BCUT2D eigenvalue weighted by molar-refractivity contribution is -0.132. The maximum atomic E-state index is 13.4. The van der Waals surface area contributed by atoms with Crippen LogP contribution in [0.1, 0.15) is 45.0 Å². The monoisotopic (exact) mass is 552 g/mol. The first-order chi connectivity index (χ1) is 18.2. The van der Waals surface area contributed by atoms with E-state index in [1.54, 1.807) is 69.3 Å². The zero-order valence-electron chi connectivity index (χ0n) is 21.0. The van der Waals surface area contributed by atoms with Crippen molar-refractivity contribution in [1.82, 2.24) is 4.98 Å². The molecule has 0 saturated carbocycles. The summed E-state index contributed by atoms with van der Waals surface area (Å²) in [6.45, 7) is 9.23. The third-order valence-corrected chi connectivity index (χ3v) is 7.24. The predicted molar refractivity (Wildman–Crippen MR) is 146 cm³/mol. The van der Waals surface area contributed by atoms with Gasteiger partial charge in [-0.3, -0.25) is 14.5 Å². The lowest BCUT2D eigenvalue weighted by Gasteiger charge is -2.23. The van der Waals surface area contributed by atoms with Gasteiger partial charge in [-0.2, -0.15) is 0 Å². The number of aliphatic hydroxyl groups is 1. The molecule has 2 heterocycles. The van der Waals surface area contributed by atoms with Crippen LogP contribution in [0.3, 0.4) is 0 Å². The van der Waals surface area contributed by atoms with Gasteiger partial charge >= 0.3 is 11.9 Å². The number of nitrogens with zero attached hydrogens (tertiary/aromatic N) is 2. The number of rotatable bonds is 8. The van der Waals surface area contributed by atoms with Gasteiger partial charge in [0.25, 0.3) is 5.78 Å². The Morgan fingerprint density at radius 2 is 2.00 bits per heavy atom.